The average molecular weight is 365 g/mol. The van der Waals surface area contributed by atoms with Gasteiger partial charge in [0.05, 0.1) is 4.90 Å². The lowest BCUT2D eigenvalue weighted by Crippen LogP contribution is -2.41. The number of halogens is 1. The largest absolute Gasteiger partial charge is 0.243 e. The van der Waals surface area contributed by atoms with E-state index < -0.39 is 10.0 Å². The van der Waals surface area contributed by atoms with Gasteiger partial charge in [-0.05, 0) is 50.1 Å². The molecule has 0 aromatic heterocycles. The minimum Gasteiger partial charge on any atom is -0.207 e. The molecule has 0 radical (unpaired) electrons. The summed E-state index contributed by atoms with van der Waals surface area (Å²) in [6, 6.07) is 13.4. The highest BCUT2D eigenvalue weighted by atomic mass is 32.2. The number of hydrogen-bond acceptors (Lipinski definition) is 3. The topological polar surface area (TPSA) is 37.4 Å². The number of hydrogen-bond donors (Lipinski definition) is 0. The number of aryl methyl sites for hydroxylation is 1. The zero-order valence-electron chi connectivity index (χ0n) is 13.5. The molecule has 0 aliphatic carbocycles. The Bertz CT molecular complexity index is 806. The lowest BCUT2D eigenvalue weighted by Gasteiger charge is -2.31. The fourth-order valence-corrected chi connectivity index (χ4v) is 5.69. The van der Waals surface area contributed by atoms with E-state index >= 15 is 0 Å². The molecule has 0 amide bonds. The lowest BCUT2D eigenvalue weighted by atomic mass is 10.2. The van der Waals surface area contributed by atoms with Crippen LogP contribution < -0.4 is 0 Å². The van der Waals surface area contributed by atoms with Crippen molar-refractivity contribution in [3.63, 3.8) is 0 Å². The minimum absolute atomic E-state index is 0.140. The number of sulfonamides is 1. The minimum atomic E-state index is -3.47. The summed E-state index contributed by atoms with van der Waals surface area (Å²) in [4.78, 5) is 1.18. The first-order valence-electron chi connectivity index (χ1n) is 7.94. The summed E-state index contributed by atoms with van der Waals surface area (Å²) in [5, 5.41) is 0.140. The molecular weight excluding hydrogens is 345 g/mol. The van der Waals surface area contributed by atoms with Crippen molar-refractivity contribution in [1.29, 1.82) is 0 Å². The maximum atomic E-state index is 13.3. The van der Waals surface area contributed by atoms with Crippen molar-refractivity contribution in [2.24, 2.45) is 0 Å². The van der Waals surface area contributed by atoms with Crippen LogP contribution in [-0.4, -0.2) is 31.1 Å². The van der Waals surface area contributed by atoms with Crippen molar-refractivity contribution in [1.82, 2.24) is 4.31 Å². The van der Waals surface area contributed by atoms with Crippen LogP contribution in [0.5, 0.6) is 0 Å². The molecule has 0 spiro atoms. The fraction of sp³-hybridized carbons (Fsp3) is 0.333. The Morgan fingerprint density at radius 1 is 1.17 bits per heavy atom. The van der Waals surface area contributed by atoms with Crippen LogP contribution in [0.2, 0.25) is 0 Å². The number of thioether (sulfide) groups is 1. The summed E-state index contributed by atoms with van der Waals surface area (Å²) in [6.45, 7) is 2.93. The van der Waals surface area contributed by atoms with E-state index in [1.54, 1.807) is 34.3 Å². The van der Waals surface area contributed by atoms with Crippen molar-refractivity contribution >= 4 is 21.8 Å². The molecule has 1 fully saturated rings. The Balaban J connectivity index is 1.74. The summed E-state index contributed by atoms with van der Waals surface area (Å²) >= 11 is 1.55. The maximum Gasteiger partial charge on any atom is 0.243 e. The fourth-order valence-electron chi connectivity index (χ4n) is 2.81. The molecule has 1 unspecified atom stereocenters. The Labute approximate surface area is 146 Å². The molecule has 3 nitrogen and oxygen atoms in total. The van der Waals surface area contributed by atoms with Crippen LogP contribution in [-0.2, 0) is 10.0 Å². The molecule has 2 aromatic rings. The van der Waals surface area contributed by atoms with E-state index in [2.05, 4.69) is 0 Å². The van der Waals surface area contributed by atoms with Crippen LogP contribution in [0.15, 0.2) is 58.3 Å². The Morgan fingerprint density at radius 2 is 1.92 bits per heavy atom. The van der Waals surface area contributed by atoms with E-state index in [1.165, 1.54) is 12.1 Å². The van der Waals surface area contributed by atoms with Crippen LogP contribution in [0.4, 0.5) is 4.39 Å². The highest BCUT2D eigenvalue weighted by Crippen LogP contribution is 2.32. The molecule has 0 saturated carbocycles. The molecular formula is C18H20FNO2S2. The van der Waals surface area contributed by atoms with E-state index in [4.69, 9.17) is 0 Å². The third kappa shape index (κ3) is 3.99. The SMILES string of the molecule is Cc1ccc(S(=O)(=O)N2CCCC(Sc3cccc(F)c3)C2)cc1. The summed E-state index contributed by atoms with van der Waals surface area (Å²) in [5.74, 6) is -0.264. The van der Waals surface area contributed by atoms with Gasteiger partial charge in [-0.2, -0.15) is 4.31 Å². The Hall–Kier alpha value is -1.37. The van der Waals surface area contributed by atoms with Crippen LogP contribution in [0.1, 0.15) is 18.4 Å². The zero-order chi connectivity index (χ0) is 17.2. The van der Waals surface area contributed by atoms with E-state index in [1.807, 2.05) is 25.1 Å². The summed E-state index contributed by atoms with van der Waals surface area (Å²) in [7, 11) is -3.47. The predicted octanol–water partition coefficient (Wildman–Crippen LogP) is 4.08. The van der Waals surface area contributed by atoms with E-state index in [0.29, 0.717) is 18.0 Å². The van der Waals surface area contributed by atoms with Crippen LogP contribution >= 0.6 is 11.8 Å². The molecule has 0 N–H and O–H groups in total. The zero-order valence-corrected chi connectivity index (χ0v) is 15.1. The summed E-state index contributed by atoms with van der Waals surface area (Å²) < 4.78 is 40.5. The van der Waals surface area contributed by atoms with Gasteiger partial charge in [0.25, 0.3) is 0 Å². The van der Waals surface area contributed by atoms with Gasteiger partial charge in [0, 0.05) is 23.2 Å². The first-order valence-corrected chi connectivity index (χ1v) is 10.3. The van der Waals surface area contributed by atoms with Gasteiger partial charge in [-0.15, -0.1) is 11.8 Å². The quantitative estimate of drug-likeness (QED) is 0.819. The van der Waals surface area contributed by atoms with Crippen molar-refractivity contribution in [2.75, 3.05) is 13.1 Å². The van der Waals surface area contributed by atoms with Gasteiger partial charge >= 0.3 is 0 Å². The third-order valence-electron chi connectivity index (χ3n) is 4.10. The predicted molar refractivity (Wildman–Crippen MR) is 95.2 cm³/mol. The number of benzene rings is 2. The van der Waals surface area contributed by atoms with Crippen LogP contribution in [0, 0.1) is 12.7 Å². The van der Waals surface area contributed by atoms with E-state index in [-0.39, 0.29) is 11.1 Å². The molecule has 0 bridgehead atoms. The smallest absolute Gasteiger partial charge is 0.207 e. The van der Waals surface area contributed by atoms with Crippen molar-refractivity contribution in [3.8, 4) is 0 Å². The molecule has 1 heterocycles. The van der Waals surface area contributed by atoms with Crippen LogP contribution in [0.3, 0.4) is 0 Å². The highest BCUT2D eigenvalue weighted by molar-refractivity contribution is 8.00. The molecule has 1 saturated heterocycles. The molecule has 6 heteroatoms. The van der Waals surface area contributed by atoms with Gasteiger partial charge in [0.15, 0.2) is 0 Å². The standard InChI is InChI=1S/C18H20FNO2S2/c1-14-7-9-18(10-8-14)24(21,22)20-11-3-6-17(13-20)23-16-5-2-4-15(19)12-16/h2,4-5,7-10,12,17H,3,6,11,13H2,1H3. The molecule has 24 heavy (non-hydrogen) atoms. The second-order valence-corrected chi connectivity index (χ2v) is 9.33. The lowest BCUT2D eigenvalue weighted by molar-refractivity contribution is 0.353. The number of nitrogens with zero attached hydrogens (tertiary/aromatic N) is 1. The second kappa shape index (κ2) is 7.25. The molecule has 2 aromatic carbocycles. The van der Waals surface area contributed by atoms with Crippen molar-refractivity contribution < 1.29 is 12.8 Å². The average Bonchev–Trinajstić information content (AvgIpc) is 2.55. The van der Waals surface area contributed by atoms with Gasteiger partial charge in [0.1, 0.15) is 5.82 Å². The monoisotopic (exact) mass is 365 g/mol. The second-order valence-electron chi connectivity index (χ2n) is 6.02. The number of rotatable bonds is 4. The van der Waals surface area contributed by atoms with E-state index in [0.717, 1.165) is 23.3 Å². The van der Waals surface area contributed by atoms with Gasteiger partial charge in [0.2, 0.25) is 10.0 Å². The first kappa shape index (κ1) is 17.5. The van der Waals surface area contributed by atoms with Crippen molar-refractivity contribution in [2.45, 2.75) is 34.8 Å². The van der Waals surface area contributed by atoms with Gasteiger partial charge < -0.3 is 0 Å². The summed E-state index contributed by atoms with van der Waals surface area (Å²) in [5.41, 5.74) is 1.03. The van der Waals surface area contributed by atoms with Gasteiger partial charge in [-0.1, -0.05) is 23.8 Å². The normalized spacial score (nSPS) is 19.3. The molecule has 1 aliphatic heterocycles. The molecule has 1 atom stereocenters. The Kier molecular flexibility index (Phi) is 5.27. The summed E-state index contributed by atoms with van der Waals surface area (Å²) in [6.07, 6.45) is 1.75. The third-order valence-corrected chi connectivity index (χ3v) is 7.22. The highest BCUT2D eigenvalue weighted by Gasteiger charge is 2.30. The Morgan fingerprint density at radius 3 is 2.62 bits per heavy atom. The van der Waals surface area contributed by atoms with Gasteiger partial charge in [-0.3, -0.25) is 0 Å². The molecule has 1 aliphatic rings. The van der Waals surface area contributed by atoms with E-state index in [9.17, 15) is 12.8 Å². The van der Waals surface area contributed by atoms with Gasteiger partial charge in [-0.25, -0.2) is 12.8 Å². The maximum absolute atomic E-state index is 13.3. The molecule has 128 valence electrons. The van der Waals surface area contributed by atoms with Crippen LogP contribution in [0.25, 0.3) is 0 Å². The molecule has 3 rings (SSSR count). The first-order chi connectivity index (χ1) is 11.4. The van der Waals surface area contributed by atoms with Crippen molar-refractivity contribution in [3.05, 3.63) is 59.9 Å². The number of piperidine rings is 1.